The summed E-state index contributed by atoms with van der Waals surface area (Å²) in [6.07, 6.45) is 1.58. The van der Waals surface area contributed by atoms with E-state index in [1.54, 1.807) is 48.7 Å². The lowest BCUT2D eigenvalue weighted by atomic mass is 9.87. The Morgan fingerprint density at radius 3 is 2.32 bits per heavy atom. The molecule has 7 heteroatoms. The summed E-state index contributed by atoms with van der Waals surface area (Å²) in [5, 5.41) is 7.39. The minimum atomic E-state index is -0.388. The van der Waals surface area contributed by atoms with Crippen molar-refractivity contribution >= 4 is 35.3 Å². The first kappa shape index (κ1) is 25.0. The minimum absolute atomic E-state index is 0.0818. The van der Waals surface area contributed by atoms with Gasteiger partial charge in [-0.1, -0.05) is 62.7 Å². The standard InChI is InChI=1S/C27H28ClN3O3/c1-18-23(28)6-5-7-24(18)30-26(33)20-10-14-22(15-11-20)34-17-25(32)31-29-16-19-8-12-21(13-9-19)27(2,3)4/h5-16H,17H2,1-4H3,(H,30,33)(H,31,32). The van der Waals surface area contributed by atoms with E-state index in [-0.39, 0.29) is 23.8 Å². The van der Waals surface area contributed by atoms with Crippen LogP contribution in [0.15, 0.2) is 71.8 Å². The largest absolute Gasteiger partial charge is 0.484 e. The van der Waals surface area contributed by atoms with Gasteiger partial charge in [-0.15, -0.1) is 0 Å². The number of hydrogen-bond acceptors (Lipinski definition) is 4. The molecular formula is C27H28ClN3O3. The summed E-state index contributed by atoms with van der Waals surface area (Å²) in [6, 6.07) is 19.9. The van der Waals surface area contributed by atoms with Crippen molar-refractivity contribution in [2.45, 2.75) is 33.1 Å². The number of carbonyl (C=O) groups is 2. The number of hydrogen-bond donors (Lipinski definition) is 2. The molecule has 2 N–H and O–H groups in total. The SMILES string of the molecule is Cc1c(Cl)cccc1NC(=O)c1ccc(OCC(=O)NN=Cc2ccc(C(C)(C)C)cc2)cc1. The Kier molecular flexibility index (Phi) is 8.08. The lowest BCUT2D eigenvalue weighted by Crippen LogP contribution is -2.24. The van der Waals surface area contributed by atoms with E-state index in [1.165, 1.54) is 5.56 Å². The average Bonchev–Trinajstić information content (AvgIpc) is 2.81. The van der Waals surface area contributed by atoms with Crippen molar-refractivity contribution in [3.05, 3.63) is 94.0 Å². The minimum Gasteiger partial charge on any atom is -0.484 e. The molecule has 3 aromatic rings. The molecule has 3 aromatic carbocycles. The van der Waals surface area contributed by atoms with Crippen molar-refractivity contribution < 1.29 is 14.3 Å². The van der Waals surface area contributed by atoms with Crippen LogP contribution in [0.2, 0.25) is 5.02 Å². The summed E-state index contributed by atoms with van der Waals surface area (Å²) in [7, 11) is 0. The molecule has 3 rings (SSSR count). The van der Waals surface area contributed by atoms with Crippen molar-refractivity contribution in [3.63, 3.8) is 0 Å². The van der Waals surface area contributed by atoms with Gasteiger partial charge < -0.3 is 10.1 Å². The van der Waals surface area contributed by atoms with Gasteiger partial charge in [0.2, 0.25) is 0 Å². The van der Waals surface area contributed by atoms with E-state index in [2.05, 4.69) is 36.6 Å². The number of halogens is 1. The number of ether oxygens (including phenoxy) is 1. The highest BCUT2D eigenvalue weighted by atomic mass is 35.5. The maximum atomic E-state index is 12.5. The first-order valence-electron chi connectivity index (χ1n) is 10.9. The number of amides is 2. The molecule has 0 radical (unpaired) electrons. The van der Waals surface area contributed by atoms with Crippen molar-refractivity contribution in [1.82, 2.24) is 5.43 Å². The van der Waals surface area contributed by atoms with Crippen LogP contribution < -0.4 is 15.5 Å². The van der Waals surface area contributed by atoms with E-state index in [9.17, 15) is 9.59 Å². The van der Waals surface area contributed by atoms with Crippen molar-refractivity contribution in [3.8, 4) is 5.75 Å². The normalized spacial score (nSPS) is 11.3. The zero-order chi connectivity index (χ0) is 24.7. The van der Waals surface area contributed by atoms with Crippen LogP contribution in [0.5, 0.6) is 5.75 Å². The van der Waals surface area contributed by atoms with Gasteiger partial charge in [-0.3, -0.25) is 9.59 Å². The summed E-state index contributed by atoms with van der Waals surface area (Å²) in [4.78, 5) is 24.5. The molecule has 0 heterocycles. The monoisotopic (exact) mass is 477 g/mol. The zero-order valence-corrected chi connectivity index (χ0v) is 20.4. The number of carbonyl (C=O) groups excluding carboxylic acids is 2. The number of rotatable bonds is 7. The van der Waals surface area contributed by atoms with Crippen LogP contribution in [0.25, 0.3) is 0 Å². The maximum Gasteiger partial charge on any atom is 0.277 e. The molecule has 0 bridgehead atoms. The Bertz CT molecular complexity index is 1180. The number of nitrogens with zero attached hydrogens (tertiary/aromatic N) is 1. The fraction of sp³-hybridized carbons (Fsp3) is 0.222. The molecule has 176 valence electrons. The summed E-state index contributed by atoms with van der Waals surface area (Å²) in [5.41, 5.74) is 6.55. The molecule has 0 fully saturated rings. The number of hydrazone groups is 1. The lowest BCUT2D eigenvalue weighted by Gasteiger charge is -2.18. The van der Waals surface area contributed by atoms with E-state index in [1.807, 2.05) is 31.2 Å². The summed E-state index contributed by atoms with van der Waals surface area (Å²) in [6.45, 7) is 8.10. The van der Waals surface area contributed by atoms with Gasteiger partial charge in [-0.05, 0) is 65.4 Å². The van der Waals surface area contributed by atoms with E-state index in [4.69, 9.17) is 16.3 Å². The summed E-state index contributed by atoms with van der Waals surface area (Å²) in [5.74, 6) is -0.187. The van der Waals surface area contributed by atoms with Crippen molar-refractivity contribution in [2.75, 3.05) is 11.9 Å². The number of benzene rings is 3. The highest BCUT2D eigenvalue weighted by molar-refractivity contribution is 6.31. The van der Waals surface area contributed by atoms with Crippen LogP contribution >= 0.6 is 11.6 Å². The van der Waals surface area contributed by atoms with Crippen LogP contribution in [0.1, 0.15) is 47.8 Å². The third-order valence-corrected chi connectivity index (χ3v) is 5.59. The van der Waals surface area contributed by atoms with Gasteiger partial charge in [0.25, 0.3) is 11.8 Å². The highest BCUT2D eigenvalue weighted by Crippen LogP contribution is 2.24. The molecule has 0 unspecified atom stereocenters. The summed E-state index contributed by atoms with van der Waals surface area (Å²) >= 11 is 6.10. The Morgan fingerprint density at radius 1 is 1.00 bits per heavy atom. The lowest BCUT2D eigenvalue weighted by molar-refractivity contribution is -0.123. The molecule has 0 saturated carbocycles. The molecule has 0 spiro atoms. The van der Waals surface area contributed by atoms with Crippen molar-refractivity contribution in [1.29, 1.82) is 0 Å². The molecule has 0 aromatic heterocycles. The topological polar surface area (TPSA) is 79.8 Å². The predicted molar refractivity (Wildman–Crippen MR) is 137 cm³/mol. The molecule has 2 amide bonds. The quantitative estimate of drug-likeness (QED) is 0.337. The van der Waals surface area contributed by atoms with Gasteiger partial charge in [0.05, 0.1) is 6.21 Å². The Hall–Kier alpha value is -3.64. The van der Waals surface area contributed by atoms with Gasteiger partial charge in [-0.25, -0.2) is 5.43 Å². The van der Waals surface area contributed by atoms with Gasteiger partial charge in [-0.2, -0.15) is 5.10 Å². The number of nitrogens with one attached hydrogen (secondary N) is 2. The molecule has 0 aliphatic heterocycles. The highest BCUT2D eigenvalue weighted by Gasteiger charge is 2.12. The van der Waals surface area contributed by atoms with Crippen LogP contribution in [0.4, 0.5) is 5.69 Å². The van der Waals surface area contributed by atoms with Crippen LogP contribution in [-0.4, -0.2) is 24.6 Å². The van der Waals surface area contributed by atoms with E-state index < -0.39 is 0 Å². The third-order valence-electron chi connectivity index (χ3n) is 5.18. The number of anilines is 1. The molecule has 0 aliphatic rings. The van der Waals surface area contributed by atoms with Crippen LogP contribution in [0, 0.1) is 6.92 Å². The van der Waals surface area contributed by atoms with Gasteiger partial charge in [0, 0.05) is 16.3 Å². The average molecular weight is 478 g/mol. The predicted octanol–water partition coefficient (Wildman–Crippen LogP) is 5.73. The molecule has 34 heavy (non-hydrogen) atoms. The molecule has 0 atom stereocenters. The van der Waals surface area contributed by atoms with E-state index >= 15 is 0 Å². The van der Waals surface area contributed by atoms with E-state index in [0.29, 0.717) is 22.0 Å². The maximum absolute atomic E-state index is 12.5. The second kappa shape index (κ2) is 11.0. The fourth-order valence-electron chi connectivity index (χ4n) is 3.07. The smallest absolute Gasteiger partial charge is 0.277 e. The molecular weight excluding hydrogens is 450 g/mol. The Labute approximate surface area is 205 Å². The second-order valence-corrected chi connectivity index (χ2v) is 9.25. The Morgan fingerprint density at radius 2 is 1.68 bits per heavy atom. The first-order valence-corrected chi connectivity index (χ1v) is 11.2. The second-order valence-electron chi connectivity index (χ2n) is 8.84. The molecule has 6 nitrogen and oxygen atoms in total. The van der Waals surface area contributed by atoms with Crippen LogP contribution in [0.3, 0.4) is 0 Å². The van der Waals surface area contributed by atoms with Gasteiger partial charge in [0.15, 0.2) is 6.61 Å². The van der Waals surface area contributed by atoms with Gasteiger partial charge >= 0.3 is 0 Å². The molecule has 0 saturated heterocycles. The zero-order valence-electron chi connectivity index (χ0n) is 19.7. The third kappa shape index (κ3) is 6.93. The first-order chi connectivity index (χ1) is 16.1. The van der Waals surface area contributed by atoms with Crippen LogP contribution in [-0.2, 0) is 10.2 Å². The molecule has 0 aliphatic carbocycles. The van der Waals surface area contributed by atoms with E-state index in [0.717, 1.165) is 11.1 Å². The fourth-order valence-corrected chi connectivity index (χ4v) is 3.24. The van der Waals surface area contributed by atoms with Gasteiger partial charge in [0.1, 0.15) is 5.75 Å². The Balaban J connectivity index is 1.47. The summed E-state index contributed by atoms with van der Waals surface area (Å²) < 4.78 is 5.48. The van der Waals surface area contributed by atoms with Crippen molar-refractivity contribution in [2.24, 2.45) is 5.10 Å².